The third-order valence-corrected chi connectivity index (χ3v) is 3.04. The minimum Gasteiger partial charge on any atom is -0.492 e. The largest absolute Gasteiger partial charge is 0.492 e. The first-order chi connectivity index (χ1) is 10.0. The van der Waals surface area contributed by atoms with E-state index in [1.807, 2.05) is 0 Å². The van der Waals surface area contributed by atoms with Gasteiger partial charge in [0, 0.05) is 18.5 Å². The molecule has 0 atom stereocenters. The second-order valence-corrected chi connectivity index (χ2v) is 4.86. The number of hydrogen-bond donors (Lipinski definition) is 0. The third kappa shape index (κ3) is 6.99. The Balaban J connectivity index is 2.23. The Bertz CT molecular complexity index is 461. The van der Waals surface area contributed by atoms with Gasteiger partial charge in [0.1, 0.15) is 12.4 Å². The fourth-order valence-electron chi connectivity index (χ4n) is 1.59. The van der Waals surface area contributed by atoms with E-state index < -0.39 is 0 Å². The van der Waals surface area contributed by atoms with E-state index in [0.29, 0.717) is 30.5 Å². The van der Waals surface area contributed by atoms with Crippen LogP contribution in [0.25, 0.3) is 0 Å². The van der Waals surface area contributed by atoms with Gasteiger partial charge >= 0.3 is 5.97 Å². The fourth-order valence-corrected chi connectivity index (χ4v) is 1.71. The van der Waals surface area contributed by atoms with Crippen LogP contribution in [0.3, 0.4) is 0 Å². The van der Waals surface area contributed by atoms with E-state index in [1.54, 1.807) is 38.2 Å². The van der Waals surface area contributed by atoms with Crippen LogP contribution in [0.5, 0.6) is 5.75 Å². The molecule has 21 heavy (non-hydrogen) atoms. The summed E-state index contributed by atoms with van der Waals surface area (Å²) in [6, 6.07) is 7.02. The van der Waals surface area contributed by atoms with Gasteiger partial charge < -0.3 is 14.4 Å². The second-order valence-electron chi connectivity index (χ2n) is 4.42. The molecular weight excluding hydrogens is 294 g/mol. The van der Waals surface area contributed by atoms with Crippen LogP contribution in [0.4, 0.5) is 0 Å². The van der Waals surface area contributed by atoms with E-state index in [4.69, 9.17) is 21.1 Å². The highest BCUT2D eigenvalue weighted by atomic mass is 35.5. The Labute approximate surface area is 129 Å². The molecule has 1 rings (SSSR count). The lowest BCUT2D eigenvalue weighted by atomic mass is 10.3. The van der Waals surface area contributed by atoms with E-state index >= 15 is 0 Å². The lowest BCUT2D eigenvalue weighted by Crippen LogP contribution is -2.31. The molecule has 0 spiro atoms. The number of halogens is 1. The lowest BCUT2D eigenvalue weighted by molar-refractivity contribution is -0.145. The van der Waals surface area contributed by atoms with Gasteiger partial charge in [-0.25, -0.2) is 0 Å². The van der Waals surface area contributed by atoms with Crippen LogP contribution < -0.4 is 4.74 Å². The molecule has 0 aliphatic rings. The Morgan fingerprint density at radius 1 is 1.19 bits per heavy atom. The standard InChI is InChI=1S/C15H20ClNO4/c1-3-20-15(19)9-8-14(18)17(2)10-11-21-13-6-4-12(16)5-7-13/h4-7H,3,8-11H2,1-2H3. The summed E-state index contributed by atoms with van der Waals surface area (Å²) in [5, 5.41) is 0.647. The van der Waals surface area contributed by atoms with Crippen molar-refractivity contribution in [2.24, 2.45) is 0 Å². The maximum absolute atomic E-state index is 11.8. The maximum atomic E-state index is 11.8. The van der Waals surface area contributed by atoms with Crippen molar-refractivity contribution in [2.45, 2.75) is 19.8 Å². The van der Waals surface area contributed by atoms with E-state index in [0.717, 1.165) is 0 Å². The van der Waals surface area contributed by atoms with Crippen molar-refractivity contribution < 1.29 is 19.1 Å². The predicted octanol–water partition coefficient (Wildman–Crippen LogP) is 2.52. The van der Waals surface area contributed by atoms with E-state index in [9.17, 15) is 9.59 Å². The number of carbonyl (C=O) groups is 2. The molecular formula is C15H20ClNO4. The van der Waals surface area contributed by atoms with Gasteiger partial charge in [0.15, 0.2) is 0 Å². The van der Waals surface area contributed by atoms with Crippen molar-refractivity contribution in [1.29, 1.82) is 0 Å². The molecule has 0 heterocycles. The van der Waals surface area contributed by atoms with Crippen molar-refractivity contribution >= 4 is 23.5 Å². The average molecular weight is 314 g/mol. The van der Waals surface area contributed by atoms with Crippen molar-refractivity contribution in [1.82, 2.24) is 4.90 Å². The highest BCUT2D eigenvalue weighted by Gasteiger charge is 2.11. The van der Waals surface area contributed by atoms with Crippen LogP contribution >= 0.6 is 11.6 Å². The van der Waals surface area contributed by atoms with Crippen molar-refractivity contribution in [3.8, 4) is 5.75 Å². The Morgan fingerprint density at radius 2 is 1.86 bits per heavy atom. The predicted molar refractivity (Wildman–Crippen MR) is 80.5 cm³/mol. The molecule has 0 aromatic heterocycles. The Kier molecular flexibility index (Phi) is 7.61. The summed E-state index contributed by atoms with van der Waals surface area (Å²) < 4.78 is 10.3. The molecule has 6 heteroatoms. The summed E-state index contributed by atoms with van der Waals surface area (Å²) in [6.45, 7) is 2.89. The van der Waals surface area contributed by atoms with Crippen LogP contribution in [0, 0.1) is 0 Å². The van der Waals surface area contributed by atoms with Crippen molar-refractivity contribution in [3.05, 3.63) is 29.3 Å². The topological polar surface area (TPSA) is 55.8 Å². The van der Waals surface area contributed by atoms with Crippen LogP contribution in [-0.4, -0.2) is 43.6 Å². The van der Waals surface area contributed by atoms with Gasteiger partial charge in [0.05, 0.1) is 19.6 Å². The number of likely N-dealkylation sites (N-methyl/N-ethyl adjacent to an activating group) is 1. The first-order valence-electron chi connectivity index (χ1n) is 6.81. The molecule has 1 amide bonds. The van der Waals surface area contributed by atoms with Crippen LogP contribution in [0.1, 0.15) is 19.8 Å². The van der Waals surface area contributed by atoms with Crippen LogP contribution in [0.2, 0.25) is 5.02 Å². The average Bonchev–Trinajstić information content (AvgIpc) is 2.47. The van der Waals surface area contributed by atoms with E-state index in [1.165, 1.54) is 4.90 Å². The van der Waals surface area contributed by atoms with Gasteiger partial charge in [-0.1, -0.05) is 11.6 Å². The van der Waals surface area contributed by atoms with Gasteiger partial charge in [-0.3, -0.25) is 9.59 Å². The molecule has 0 aliphatic heterocycles. The Morgan fingerprint density at radius 3 is 2.48 bits per heavy atom. The first kappa shape index (κ1) is 17.3. The molecule has 0 fully saturated rings. The molecule has 0 saturated carbocycles. The zero-order chi connectivity index (χ0) is 15.7. The van der Waals surface area contributed by atoms with Crippen LogP contribution in [-0.2, 0) is 14.3 Å². The van der Waals surface area contributed by atoms with E-state index in [2.05, 4.69) is 0 Å². The van der Waals surface area contributed by atoms with Crippen molar-refractivity contribution in [2.75, 3.05) is 26.8 Å². The zero-order valence-corrected chi connectivity index (χ0v) is 13.1. The number of hydrogen-bond acceptors (Lipinski definition) is 4. The summed E-state index contributed by atoms with van der Waals surface area (Å²) in [5.41, 5.74) is 0. The summed E-state index contributed by atoms with van der Waals surface area (Å²) in [7, 11) is 1.68. The third-order valence-electron chi connectivity index (χ3n) is 2.78. The summed E-state index contributed by atoms with van der Waals surface area (Å²) in [6.07, 6.45) is 0.255. The number of nitrogens with zero attached hydrogens (tertiary/aromatic N) is 1. The maximum Gasteiger partial charge on any atom is 0.306 e. The summed E-state index contributed by atoms with van der Waals surface area (Å²) >= 11 is 5.77. The highest BCUT2D eigenvalue weighted by molar-refractivity contribution is 6.30. The number of benzene rings is 1. The number of ether oxygens (including phenoxy) is 2. The smallest absolute Gasteiger partial charge is 0.306 e. The molecule has 5 nitrogen and oxygen atoms in total. The minimum atomic E-state index is -0.350. The number of amides is 1. The van der Waals surface area contributed by atoms with Gasteiger partial charge in [-0.05, 0) is 31.2 Å². The van der Waals surface area contributed by atoms with Crippen molar-refractivity contribution in [3.63, 3.8) is 0 Å². The molecule has 0 unspecified atom stereocenters. The monoisotopic (exact) mass is 313 g/mol. The summed E-state index contributed by atoms with van der Waals surface area (Å²) in [4.78, 5) is 24.5. The number of carbonyl (C=O) groups excluding carboxylic acids is 2. The van der Waals surface area contributed by atoms with E-state index in [-0.39, 0.29) is 24.7 Å². The molecule has 0 bridgehead atoms. The van der Waals surface area contributed by atoms with Gasteiger partial charge in [0.2, 0.25) is 5.91 Å². The van der Waals surface area contributed by atoms with Crippen LogP contribution in [0.15, 0.2) is 24.3 Å². The Hall–Kier alpha value is -1.75. The van der Waals surface area contributed by atoms with Gasteiger partial charge in [-0.2, -0.15) is 0 Å². The molecule has 0 saturated heterocycles. The molecule has 0 radical (unpaired) electrons. The SMILES string of the molecule is CCOC(=O)CCC(=O)N(C)CCOc1ccc(Cl)cc1. The molecule has 0 N–H and O–H groups in total. The normalized spacial score (nSPS) is 10.0. The number of rotatable bonds is 8. The zero-order valence-electron chi connectivity index (χ0n) is 12.3. The number of esters is 1. The molecule has 1 aromatic carbocycles. The molecule has 1 aromatic rings. The fraction of sp³-hybridized carbons (Fsp3) is 0.467. The first-order valence-corrected chi connectivity index (χ1v) is 7.18. The second kappa shape index (κ2) is 9.23. The van der Waals surface area contributed by atoms with Gasteiger partial charge in [0.25, 0.3) is 0 Å². The lowest BCUT2D eigenvalue weighted by Gasteiger charge is -2.17. The molecule has 116 valence electrons. The van der Waals surface area contributed by atoms with Gasteiger partial charge in [-0.15, -0.1) is 0 Å². The summed E-state index contributed by atoms with van der Waals surface area (Å²) in [5.74, 6) is 0.242. The molecule has 0 aliphatic carbocycles. The quantitative estimate of drug-likeness (QED) is 0.692. The minimum absolute atomic E-state index is 0.106. The highest BCUT2D eigenvalue weighted by Crippen LogP contribution is 2.15.